The number of hydrogen-bond donors (Lipinski definition) is 12. The molecule has 9 amide bonds. The van der Waals surface area contributed by atoms with E-state index in [2.05, 4.69) is 42.5 Å². The molecule has 21 heteroatoms. The summed E-state index contributed by atoms with van der Waals surface area (Å²) in [4.78, 5) is 123. The number of carbonyl (C=O) groups is 9. The van der Waals surface area contributed by atoms with Crippen LogP contribution < -0.4 is 54.0 Å². The summed E-state index contributed by atoms with van der Waals surface area (Å²) >= 11 is 0. The molecule has 1 fully saturated rings. The van der Waals surface area contributed by atoms with Crippen molar-refractivity contribution in [2.75, 3.05) is 19.7 Å². The lowest BCUT2D eigenvalue weighted by Gasteiger charge is -2.29. The van der Waals surface area contributed by atoms with Gasteiger partial charge in [-0.15, -0.1) is 0 Å². The number of carbonyl (C=O) groups excluding carboxylic acids is 9. The first-order valence-electron chi connectivity index (χ1n) is 22.1. The van der Waals surface area contributed by atoms with E-state index in [1.165, 1.54) is 24.3 Å². The summed E-state index contributed by atoms with van der Waals surface area (Å²) in [5, 5.41) is 40.6. The zero-order chi connectivity index (χ0) is 48.9. The number of amides is 9. The average Bonchev–Trinajstić information content (AvgIpc) is 3.26. The number of phenolic OH excluding ortho intramolecular Hbond substituents is 1. The van der Waals surface area contributed by atoms with Crippen molar-refractivity contribution in [1.29, 1.82) is 0 Å². The first kappa shape index (κ1) is 53.7. The molecule has 7 atom stereocenters. The van der Waals surface area contributed by atoms with Gasteiger partial charge in [0.25, 0.3) is 0 Å². The average molecular weight is 923 g/mol. The third-order valence-corrected chi connectivity index (χ3v) is 10.7. The first-order valence-corrected chi connectivity index (χ1v) is 22.1. The minimum absolute atomic E-state index is 0.0228. The molecular formula is C45H66N10O11. The molecule has 14 N–H and O–H groups in total. The highest BCUT2D eigenvalue weighted by molar-refractivity contribution is 5.98. The molecule has 1 saturated heterocycles. The van der Waals surface area contributed by atoms with Gasteiger partial charge in [-0.25, -0.2) is 0 Å². The minimum Gasteiger partial charge on any atom is -0.508 e. The summed E-state index contributed by atoms with van der Waals surface area (Å²) < 4.78 is 0. The predicted molar refractivity (Wildman–Crippen MR) is 241 cm³/mol. The van der Waals surface area contributed by atoms with Crippen molar-refractivity contribution >= 4 is 53.2 Å². The normalized spacial score (nSPS) is 23.5. The van der Waals surface area contributed by atoms with Gasteiger partial charge in [0.1, 0.15) is 48.0 Å². The molecule has 1 aliphatic heterocycles. The Balaban J connectivity index is 2.12. The fraction of sp³-hybridized carbons (Fsp3) is 0.533. The molecule has 0 bridgehead atoms. The standard InChI is InChI=1S/C45H66N10O11/c1-25(2)20-32-41(62)52-34(21-27-10-6-5-7-11-27)43(64)50-30(12-8-9-19-46)39(60)48-23-37(59)49-33(22-28-13-15-29(57)16-14-28)42(63)54-35(24-56)44(65)51-31(17-18-36(47)58)40(61)55-38(26(3)4)45(66)53-32/h5-7,10-11,13-16,25-26,30-35,38,56-57H,8-9,12,17-24,46H2,1-4H3,(H2,47,58)(H,48,60)(H,49,59)(H,50,64)(H,51,65)(H,52,62)(H,53,66)(H,54,63)(H,55,61)/t30-,31-,32-,33-,34-,35-,38-/m0/s1. The van der Waals surface area contributed by atoms with E-state index in [1.54, 1.807) is 44.2 Å². The molecule has 0 aliphatic carbocycles. The number of benzene rings is 2. The SMILES string of the molecule is CC(C)C[C@@H]1NC(=O)[C@H](C(C)C)NC(=O)[C@H](CCC(N)=O)NC(=O)[C@H](CO)NC(=O)[C@H](Cc2ccc(O)cc2)NC(=O)CNC(=O)[C@H](CCCCN)NC(=O)[C@H](Cc2ccccc2)NC1=O. The van der Waals surface area contributed by atoms with Crippen LogP contribution in [-0.4, -0.2) is 125 Å². The summed E-state index contributed by atoms with van der Waals surface area (Å²) in [6, 6.07) is 4.72. The van der Waals surface area contributed by atoms with Crippen LogP contribution in [0.1, 0.15) is 77.3 Å². The Bertz CT molecular complexity index is 1980. The summed E-state index contributed by atoms with van der Waals surface area (Å²) in [7, 11) is 0. The Labute approximate surface area is 384 Å². The molecule has 0 spiro atoms. The van der Waals surface area contributed by atoms with Gasteiger partial charge in [0, 0.05) is 19.3 Å². The highest BCUT2D eigenvalue weighted by Gasteiger charge is 2.36. The number of aliphatic hydroxyl groups is 1. The second kappa shape index (κ2) is 27.0. The smallest absolute Gasteiger partial charge is 0.245 e. The molecule has 362 valence electrons. The fourth-order valence-electron chi connectivity index (χ4n) is 7.03. The molecule has 0 aromatic heterocycles. The second-order valence-corrected chi connectivity index (χ2v) is 17.0. The Hall–Kier alpha value is -6.61. The lowest BCUT2D eigenvalue weighted by Crippen LogP contribution is -2.62. The van der Waals surface area contributed by atoms with E-state index in [0.29, 0.717) is 30.5 Å². The van der Waals surface area contributed by atoms with E-state index in [-0.39, 0.29) is 43.8 Å². The third-order valence-electron chi connectivity index (χ3n) is 10.7. The van der Waals surface area contributed by atoms with Crippen LogP contribution in [0.15, 0.2) is 54.6 Å². The van der Waals surface area contributed by atoms with Gasteiger partial charge < -0.3 is 64.2 Å². The molecule has 21 nitrogen and oxygen atoms in total. The van der Waals surface area contributed by atoms with Crippen LogP contribution in [0.25, 0.3) is 0 Å². The Morgan fingerprint density at radius 1 is 0.606 bits per heavy atom. The van der Waals surface area contributed by atoms with Crippen molar-refractivity contribution in [1.82, 2.24) is 42.5 Å². The molecule has 1 heterocycles. The number of hydrogen-bond acceptors (Lipinski definition) is 12. The highest BCUT2D eigenvalue weighted by Crippen LogP contribution is 2.14. The number of aromatic hydroxyl groups is 1. The maximum atomic E-state index is 14.2. The maximum absolute atomic E-state index is 14.2. The maximum Gasteiger partial charge on any atom is 0.245 e. The van der Waals surface area contributed by atoms with E-state index in [1.807, 2.05) is 13.8 Å². The van der Waals surface area contributed by atoms with E-state index >= 15 is 0 Å². The topological polar surface area (TPSA) is 342 Å². The van der Waals surface area contributed by atoms with Crippen LogP contribution in [-0.2, 0) is 56.0 Å². The molecule has 2 aromatic carbocycles. The van der Waals surface area contributed by atoms with Gasteiger partial charge in [0.05, 0.1) is 13.2 Å². The number of rotatable bonds is 15. The fourth-order valence-corrected chi connectivity index (χ4v) is 7.03. The number of aliphatic hydroxyl groups excluding tert-OH is 1. The first-order chi connectivity index (χ1) is 31.3. The second-order valence-electron chi connectivity index (χ2n) is 17.0. The molecule has 0 radical (unpaired) electrons. The number of primary amides is 1. The monoisotopic (exact) mass is 922 g/mol. The Kier molecular flexibility index (Phi) is 22.0. The van der Waals surface area contributed by atoms with Gasteiger partial charge in [-0.1, -0.05) is 70.2 Å². The summed E-state index contributed by atoms with van der Waals surface area (Å²) in [6.07, 6.45) is 0.116. The molecule has 0 saturated carbocycles. The molecule has 0 unspecified atom stereocenters. The van der Waals surface area contributed by atoms with Crippen molar-refractivity contribution in [3.05, 3.63) is 65.7 Å². The quantitative estimate of drug-likeness (QED) is 0.0847. The number of nitrogens with two attached hydrogens (primary N) is 2. The third kappa shape index (κ3) is 18.1. The summed E-state index contributed by atoms with van der Waals surface area (Å²) in [6.45, 7) is 5.50. The molecule has 1 aliphatic rings. The van der Waals surface area contributed by atoms with Gasteiger partial charge in [0.2, 0.25) is 53.2 Å². The Morgan fingerprint density at radius 2 is 1.11 bits per heavy atom. The van der Waals surface area contributed by atoms with Crippen molar-refractivity contribution in [3.63, 3.8) is 0 Å². The van der Waals surface area contributed by atoms with Crippen LogP contribution in [0.3, 0.4) is 0 Å². The van der Waals surface area contributed by atoms with Crippen LogP contribution in [0, 0.1) is 11.8 Å². The van der Waals surface area contributed by atoms with Crippen molar-refractivity contribution in [2.24, 2.45) is 23.3 Å². The van der Waals surface area contributed by atoms with Crippen molar-refractivity contribution < 1.29 is 53.4 Å². The lowest BCUT2D eigenvalue weighted by atomic mass is 9.98. The number of unbranched alkanes of at least 4 members (excludes halogenated alkanes) is 1. The zero-order valence-corrected chi connectivity index (χ0v) is 37.9. The van der Waals surface area contributed by atoms with Gasteiger partial charge in [-0.05, 0) is 73.7 Å². The predicted octanol–water partition coefficient (Wildman–Crippen LogP) is -2.21. The van der Waals surface area contributed by atoms with Gasteiger partial charge in [-0.2, -0.15) is 0 Å². The van der Waals surface area contributed by atoms with E-state index in [0.717, 1.165) is 0 Å². The number of nitrogens with one attached hydrogen (secondary N) is 8. The summed E-state index contributed by atoms with van der Waals surface area (Å²) in [5.41, 5.74) is 12.2. The highest BCUT2D eigenvalue weighted by atomic mass is 16.3. The molecular weight excluding hydrogens is 857 g/mol. The summed E-state index contributed by atoms with van der Waals surface area (Å²) in [5.74, 6) is -8.50. The van der Waals surface area contributed by atoms with Crippen molar-refractivity contribution in [2.45, 2.75) is 121 Å². The van der Waals surface area contributed by atoms with Gasteiger partial charge in [0.15, 0.2) is 0 Å². The lowest BCUT2D eigenvalue weighted by molar-refractivity contribution is -0.137. The van der Waals surface area contributed by atoms with E-state index < -0.39 is 121 Å². The van der Waals surface area contributed by atoms with Crippen LogP contribution in [0.5, 0.6) is 5.75 Å². The van der Waals surface area contributed by atoms with E-state index in [9.17, 15) is 53.4 Å². The largest absolute Gasteiger partial charge is 0.508 e. The molecule has 2 aromatic rings. The van der Waals surface area contributed by atoms with Gasteiger partial charge >= 0.3 is 0 Å². The Morgan fingerprint density at radius 3 is 1.67 bits per heavy atom. The molecule has 66 heavy (non-hydrogen) atoms. The van der Waals surface area contributed by atoms with Crippen LogP contribution >= 0.6 is 0 Å². The van der Waals surface area contributed by atoms with Gasteiger partial charge in [-0.3, -0.25) is 43.2 Å². The molecule has 3 rings (SSSR count). The van der Waals surface area contributed by atoms with Crippen LogP contribution in [0.2, 0.25) is 0 Å². The minimum atomic E-state index is -1.71. The number of phenols is 1. The van der Waals surface area contributed by atoms with Crippen LogP contribution in [0.4, 0.5) is 0 Å². The zero-order valence-electron chi connectivity index (χ0n) is 37.9. The van der Waals surface area contributed by atoms with Crippen molar-refractivity contribution in [3.8, 4) is 5.75 Å². The van der Waals surface area contributed by atoms with E-state index in [4.69, 9.17) is 11.5 Å².